The molecule has 0 amide bonds. The van der Waals surface area contributed by atoms with Gasteiger partial charge in [0, 0.05) is 6.20 Å². The number of anilines is 1. The lowest BCUT2D eigenvalue weighted by molar-refractivity contribution is -0.123. The number of nitriles is 1. The Morgan fingerprint density at radius 2 is 2.17 bits per heavy atom. The lowest BCUT2D eigenvalue weighted by atomic mass is 10.1. The summed E-state index contributed by atoms with van der Waals surface area (Å²) in [5, 5.41) is 39.1. The number of nitrogen functional groups attached to an aromatic ring is 1. The van der Waals surface area contributed by atoms with Crippen LogP contribution in [0.5, 0.6) is 0 Å². The zero-order valence-electron chi connectivity index (χ0n) is 12.2. The predicted molar refractivity (Wildman–Crippen MR) is 77.5 cm³/mol. The molecule has 10 heteroatoms. The van der Waals surface area contributed by atoms with Crippen LogP contribution in [-0.2, 0) is 4.74 Å². The molecule has 0 radical (unpaired) electrons. The second kappa shape index (κ2) is 5.12. The average molecular weight is 320 g/mol. The number of aryl methyl sites for hydroxylation is 1. The van der Waals surface area contributed by atoms with Crippen LogP contribution in [0.25, 0.3) is 11.0 Å². The highest BCUT2D eigenvalue weighted by Crippen LogP contribution is 2.37. The van der Waals surface area contributed by atoms with Crippen LogP contribution in [-0.4, -0.2) is 54.4 Å². The number of nitrogens with zero attached hydrogens (tertiary/aromatic N) is 4. The van der Waals surface area contributed by atoms with E-state index in [4.69, 9.17) is 16.2 Å². The Labute approximate surface area is 130 Å². The van der Waals surface area contributed by atoms with E-state index in [9.17, 15) is 20.6 Å². The van der Waals surface area contributed by atoms with Gasteiger partial charge in [-0.15, -0.1) is 0 Å². The van der Waals surface area contributed by atoms with E-state index in [2.05, 4.69) is 9.97 Å². The fourth-order valence-electron chi connectivity index (χ4n) is 2.73. The molecule has 23 heavy (non-hydrogen) atoms. The van der Waals surface area contributed by atoms with E-state index in [1.165, 1.54) is 10.8 Å². The molecule has 1 aliphatic rings. The van der Waals surface area contributed by atoms with Gasteiger partial charge in [-0.1, -0.05) is 0 Å². The second-order valence-corrected chi connectivity index (χ2v) is 5.47. The van der Waals surface area contributed by atoms with Gasteiger partial charge >= 0.3 is 0 Å². The van der Waals surface area contributed by atoms with Crippen LogP contribution in [0.1, 0.15) is 17.6 Å². The average Bonchev–Trinajstić information content (AvgIpc) is 2.99. The Morgan fingerprint density at radius 3 is 2.74 bits per heavy atom. The SMILES string of the molecule is Cc1nc(N)c2c(C#N)cn([C@@H]3O[C@](N)(CO)[C@@H](O)[C@H]3O)c2n1. The minimum absolute atomic E-state index is 0.122. The first-order chi connectivity index (χ1) is 10.8. The number of nitrogens with two attached hydrogens (primary N) is 2. The van der Waals surface area contributed by atoms with E-state index in [0.29, 0.717) is 11.2 Å². The van der Waals surface area contributed by atoms with Gasteiger partial charge < -0.3 is 30.4 Å². The van der Waals surface area contributed by atoms with Gasteiger partial charge in [-0.25, -0.2) is 9.97 Å². The molecule has 1 saturated heterocycles. The highest BCUT2D eigenvalue weighted by atomic mass is 16.6. The van der Waals surface area contributed by atoms with E-state index in [1.807, 2.05) is 6.07 Å². The monoisotopic (exact) mass is 320 g/mol. The van der Waals surface area contributed by atoms with Gasteiger partial charge in [0.25, 0.3) is 0 Å². The minimum atomic E-state index is -1.82. The highest BCUT2D eigenvalue weighted by Gasteiger charge is 2.52. The maximum Gasteiger partial charge on any atom is 0.171 e. The molecule has 0 aliphatic carbocycles. The second-order valence-electron chi connectivity index (χ2n) is 5.47. The summed E-state index contributed by atoms with van der Waals surface area (Å²) in [4.78, 5) is 8.24. The van der Waals surface area contributed by atoms with Gasteiger partial charge in [0.15, 0.2) is 12.0 Å². The summed E-state index contributed by atoms with van der Waals surface area (Å²) >= 11 is 0. The Hall–Kier alpha value is -2.29. The summed E-state index contributed by atoms with van der Waals surface area (Å²) in [5.41, 5.74) is 10.2. The standard InChI is InChI=1S/C13H16N6O4/c1-5-17-10(15)7-6(2-14)3-19(11(7)18-5)12-8(21)9(22)13(16,4-20)23-12/h3,8-9,12,20-22H,4,16H2,1H3,(H2,15,17,18)/t8-,9+,12-,13-/m1/s1. The van der Waals surface area contributed by atoms with Gasteiger partial charge in [-0.3, -0.25) is 5.73 Å². The Morgan fingerprint density at radius 1 is 1.48 bits per heavy atom. The first-order valence-electron chi connectivity index (χ1n) is 6.81. The van der Waals surface area contributed by atoms with Crippen LogP contribution in [0, 0.1) is 18.3 Å². The fourth-order valence-corrected chi connectivity index (χ4v) is 2.73. The molecule has 2 aromatic rings. The number of ether oxygens (including phenoxy) is 1. The van der Waals surface area contributed by atoms with Crippen molar-refractivity contribution in [2.75, 3.05) is 12.3 Å². The zero-order chi connectivity index (χ0) is 16.9. The number of rotatable bonds is 2. The molecule has 1 aliphatic heterocycles. The molecule has 122 valence electrons. The number of hydrogen-bond donors (Lipinski definition) is 5. The maximum atomic E-state index is 10.2. The van der Waals surface area contributed by atoms with Crippen LogP contribution in [0.2, 0.25) is 0 Å². The molecule has 3 rings (SSSR count). The molecule has 0 aromatic carbocycles. The summed E-state index contributed by atoms with van der Waals surface area (Å²) in [5.74, 6) is 0.491. The van der Waals surface area contributed by atoms with Gasteiger partial charge in [-0.05, 0) is 6.92 Å². The first-order valence-corrected chi connectivity index (χ1v) is 6.81. The predicted octanol–water partition coefficient (Wildman–Crippen LogP) is -1.91. The van der Waals surface area contributed by atoms with E-state index >= 15 is 0 Å². The van der Waals surface area contributed by atoms with Crippen LogP contribution < -0.4 is 11.5 Å². The fraction of sp³-hybridized carbons (Fsp3) is 0.462. The van der Waals surface area contributed by atoms with Crippen LogP contribution in [0.4, 0.5) is 5.82 Å². The summed E-state index contributed by atoms with van der Waals surface area (Å²) in [6.45, 7) is 0.934. The third-order valence-electron chi connectivity index (χ3n) is 3.91. The van der Waals surface area contributed by atoms with Crippen molar-refractivity contribution in [3.63, 3.8) is 0 Å². The molecule has 2 aromatic heterocycles. The number of aliphatic hydroxyl groups excluding tert-OH is 3. The van der Waals surface area contributed by atoms with Crippen molar-refractivity contribution in [3.05, 3.63) is 17.6 Å². The van der Waals surface area contributed by atoms with Crippen molar-refractivity contribution in [2.45, 2.75) is 31.1 Å². The van der Waals surface area contributed by atoms with E-state index in [1.54, 1.807) is 6.92 Å². The van der Waals surface area contributed by atoms with Gasteiger partial charge in [0.2, 0.25) is 0 Å². The number of aliphatic hydroxyl groups is 3. The highest BCUT2D eigenvalue weighted by molar-refractivity contribution is 5.92. The topological polar surface area (TPSA) is 176 Å². The number of fused-ring (bicyclic) bond motifs is 1. The molecule has 0 spiro atoms. The van der Waals surface area contributed by atoms with Crippen molar-refractivity contribution < 1.29 is 20.1 Å². The quantitative estimate of drug-likeness (QED) is 0.422. The van der Waals surface area contributed by atoms with Crippen molar-refractivity contribution in [1.29, 1.82) is 5.26 Å². The molecule has 0 bridgehead atoms. The number of aromatic nitrogens is 3. The molecule has 0 saturated carbocycles. The van der Waals surface area contributed by atoms with E-state index in [0.717, 1.165) is 0 Å². The maximum absolute atomic E-state index is 10.2. The van der Waals surface area contributed by atoms with Crippen molar-refractivity contribution in [3.8, 4) is 6.07 Å². The smallest absolute Gasteiger partial charge is 0.171 e. The van der Waals surface area contributed by atoms with Crippen molar-refractivity contribution >= 4 is 16.9 Å². The third kappa shape index (κ3) is 2.14. The normalized spacial score (nSPS) is 30.7. The third-order valence-corrected chi connectivity index (χ3v) is 3.91. The van der Waals surface area contributed by atoms with E-state index < -0.39 is 30.8 Å². The molecule has 3 heterocycles. The lowest BCUT2D eigenvalue weighted by Crippen LogP contribution is -2.54. The van der Waals surface area contributed by atoms with Crippen LogP contribution in [0.3, 0.4) is 0 Å². The molecular formula is C13H16N6O4. The van der Waals surface area contributed by atoms with Crippen LogP contribution in [0.15, 0.2) is 6.20 Å². The summed E-state index contributed by atoms with van der Waals surface area (Å²) in [6, 6.07) is 1.97. The Balaban J connectivity index is 2.20. The van der Waals surface area contributed by atoms with Gasteiger partial charge in [0.1, 0.15) is 35.6 Å². The molecule has 4 atom stereocenters. The molecule has 10 nitrogen and oxygen atoms in total. The van der Waals surface area contributed by atoms with Crippen molar-refractivity contribution in [1.82, 2.24) is 14.5 Å². The van der Waals surface area contributed by atoms with Gasteiger partial charge in [-0.2, -0.15) is 5.26 Å². The minimum Gasteiger partial charge on any atom is -0.392 e. The van der Waals surface area contributed by atoms with Crippen LogP contribution >= 0.6 is 0 Å². The van der Waals surface area contributed by atoms with E-state index in [-0.39, 0.29) is 17.0 Å². The molecule has 7 N–H and O–H groups in total. The lowest BCUT2D eigenvalue weighted by Gasteiger charge is -2.24. The molecular weight excluding hydrogens is 304 g/mol. The first kappa shape index (κ1) is 15.6. The zero-order valence-corrected chi connectivity index (χ0v) is 12.2. The summed E-state index contributed by atoms with van der Waals surface area (Å²) in [6.07, 6.45) is -2.69. The summed E-state index contributed by atoms with van der Waals surface area (Å²) < 4.78 is 6.79. The summed E-state index contributed by atoms with van der Waals surface area (Å²) in [7, 11) is 0. The van der Waals surface area contributed by atoms with Gasteiger partial charge in [0.05, 0.1) is 17.6 Å². The van der Waals surface area contributed by atoms with Crippen molar-refractivity contribution in [2.24, 2.45) is 5.73 Å². The molecule has 0 unspecified atom stereocenters. The Kier molecular flexibility index (Phi) is 3.47. The number of hydrogen-bond acceptors (Lipinski definition) is 9. The molecule has 1 fully saturated rings. The largest absolute Gasteiger partial charge is 0.392 e. The Bertz CT molecular complexity index is 815.